The normalized spacial score (nSPS) is 10.4. The molecule has 1 nitrogen and oxygen atoms in total. The summed E-state index contributed by atoms with van der Waals surface area (Å²) in [4.78, 5) is 0.563. The molecule has 0 fully saturated rings. The Morgan fingerprint density at radius 1 is 1.42 bits per heavy atom. The molecule has 66 valence electrons. The molecular formula is C7H5BrF2OS. The highest BCUT2D eigenvalue weighted by atomic mass is 79.9. The Balaban J connectivity index is 2.92. The van der Waals surface area contributed by atoms with Gasteiger partial charge < -0.3 is 4.74 Å². The minimum atomic E-state index is -2.81. The van der Waals surface area contributed by atoms with Gasteiger partial charge in [0.2, 0.25) is 0 Å². The monoisotopic (exact) mass is 254 g/mol. The fourth-order valence-corrected chi connectivity index (χ4v) is 1.24. The molecule has 1 aromatic carbocycles. The summed E-state index contributed by atoms with van der Waals surface area (Å²) in [6, 6.07) is 4.70. The van der Waals surface area contributed by atoms with Gasteiger partial charge in [-0.25, -0.2) is 0 Å². The lowest BCUT2D eigenvalue weighted by Crippen LogP contribution is -2.02. The van der Waals surface area contributed by atoms with Crippen LogP contribution in [-0.2, 0) is 0 Å². The van der Waals surface area contributed by atoms with Crippen molar-refractivity contribution >= 4 is 28.6 Å². The zero-order valence-electron chi connectivity index (χ0n) is 5.80. The van der Waals surface area contributed by atoms with E-state index in [4.69, 9.17) is 0 Å². The van der Waals surface area contributed by atoms with Gasteiger partial charge in [0.1, 0.15) is 5.75 Å². The number of alkyl halides is 2. The molecule has 0 bridgehead atoms. The van der Waals surface area contributed by atoms with E-state index >= 15 is 0 Å². The third kappa shape index (κ3) is 2.35. The lowest BCUT2D eigenvalue weighted by molar-refractivity contribution is -0.0505. The van der Waals surface area contributed by atoms with Crippen LogP contribution in [0.25, 0.3) is 0 Å². The van der Waals surface area contributed by atoms with Crippen molar-refractivity contribution in [2.75, 3.05) is 0 Å². The minimum absolute atomic E-state index is 0.0949. The zero-order valence-corrected chi connectivity index (χ0v) is 8.28. The summed E-state index contributed by atoms with van der Waals surface area (Å²) in [5.41, 5.74) is 0. The largest absolute Gasteiger partial charge is 0.434 e. The van der Waals surface area contributed by atoms with Gasteiger partial charge in [0.15, 0.2) is 0 Å². The Kier molecular flexibility index (Phi) is 3.34. The molecule has 12 heavy (non-hydrogen) atoms. The number of halogens is 3. The van der Waals surface area contributed by atoms with E-state index in [9.17, 15) is 8.78 Å². The summed E-state index contributed by atoms with van der Waals surface area (Å²) in [5, 5.41) is 0. The van der Waals surface area contributed by atoms with Crippen molar-refractivity contribution in [1.29, 1.82) is 0 Å². The van der Waals surface area contributed by atoms with Crippen molar-refractivity contribution in [1.82, 2.24) is 0 Å². The van der Waals surface area contributed by atoms with E-state index < -0.39 is 6.61 Å². The van der Waals surface area contributed by atoms with Crippen LogP contribution in [0.1, 0.15) is 0 Å². The summed E-state index contributed by atoms with van der Waals surface area (Å²) in [7, 11) is 0. The van der Waals surface area contributed by atoms with E-state index in [1.165, 1.54) is 6.07 Å². The molecule has 0 aliphatic rings. The number of hydrogen-bond donors (Lipinski definition) is 1. The number of thiol groups is 1. The first-order chi connectivity index (χ1) is 5.61. The predicted octanol–water partition coefficient (Wildman–Crippen LogP) is 3.34. The van der Waals surface area contributed by atoms with Gasteiger partial charge in [-0.2, -0.15) is 8.78 Å². The van der Waals surface area contributed by atoms with Crippen LogP contribution in [0.4, 0.5) is 8.78 Å². The van der Waals surface area contributed by atoms with Gasteiger partial charge in [-0.05, 0) is 28.1 Å². The second-order valence-corrected chi connectivity index (χ2v) is 3.24. The molecule has 0 atom stereocenters. The van der Waals surface area contributed by atoms with Crippen molar-refractivity contribution in [2.24, 2.45) is 0 Å². The average Bonchev–Trinajstić information content (AvgIpc) is 1.98. The highest BCUT2D eigenvalue weighted by Crippen LogP contribution is 2.31. The minimum Gasteiger partial charge on any atom is -0.434 e. The van der Waals surface area contributed by atoms with Crippen molar-refractivity contribution in [3.63, 3.8) is 0 Å². The summed E-state index contributed by atoms with van der Waals surface area (Å²) >= 11 is 7.09. The number of benzene rings is 1. The topological polar surface area (TPSA) is 9.23 Å². The average molecular weight is 255 g/mol. The molecule has 0 aliphatic carbocycles. The lowest BCUT2D eigenvalue weighted by Gasteiger charge is -2.07. The fraction of sp³-hybridized carbons (Fsp3) is 0.143. The highest BCUT2D eigenvalue weighted by Gasteiger charge is 2.08. The molecule has 0 unspecified atom stereocenters. The van der Waals surface area contributed by atoms with Gasteiger partial charge in [0.25, 0.3) is 0 Å². The van der Waals surface area contributed by atoms with Gasteiger partial charge in [0, 0.05) is 4.90 Å². The first-order valence-corrected chi connectivity index (χ1v) is 4.27. The standard InChI is InChI=1S/C7H5BrF2OS/c8-6-4(11-7(9)10)2-1-3-5(6)12/h1-3,7,12H. The molecular weight excluding hydrogens is 250 g/mol. The number of rotatable bonds is 2. The summed E-state index contributed by atoms with van der Waals surface area (Å²) < 4.78 is 28.2. The number of ether oxygens (including phenoxy) is 1. The molecule has 0 N–H and O–H groups in total. The molecule has 5 heteroatoms. The maximum absolute atomic E-state index is 11.8. The van der Waals surface area contributed by atoms with Gasteiger partial charge in [-0.15, -0.1) is 12.6 Å². The molecule has 0 saturated heterocycles. The molecule has 1 rings (SSSR count). The van der Waals surface area contributed by atoms with Crippen LogP contribution in [0.3, 0.4) is 0 Å². The maximum Gasteiger partial charge on any atom is 0.387 e. The molecule has 0 spiro atoms. The van der Waals surface area contributed by atoms with Gasteiger partial charge in [0.05, 0.1) is 4.47 Å². The number of hydrogen-bond acceptors (Lipinski definition) is 2. The van der Waals surface area contributed by atoms with Gasteiger partial charge in [-0.1, -0.05) is 6.07 Å². The van der Waals surface area contributed by atoms with Crippen LogP contribution in [0, 0.1) is 0 Å². The van der Waals surface area contributed by atoms with E-state index in [1.807, 2.05) is 0 Å². The van der Waals surface area contributed by atoms with Crippen LogP contribution < -0.4 is 4.74 Å². The first-order valence-electron chi connectivity index (χ1n) is 3.03. The highest BCUT2D eigenvalue weighted by molar-refractivity contribution is 9.10. The first kappa shape index (κ1) is 9.80. The predicted molar refractivity (Wildman–Crippen MR) is 48.0 cm³/mol. The Morgan fingerprint density at radius 3 is 2.67 bits per heavy atom. The molecule has 0 saturated carbocycles. The smallest absolute Gasteiger partial charge is 0.387 e. The second kappa shape index (κ2) is 4.09. The van der Waals surface area contributed by atoms with E-state index in [1.54, 1.807) is 12.1 Å². The van der Waals surface area contributed by atoms with Gasteiger partial charge in [-0.3, -0.25) is 0 Å². The third-order valence-electron chi connectivity index (χ3n) is 1.16. The van der Waals surface area contributed by atoms with Crippen molar-refractivity contribution in [3.05, 3.63) is 22.7 Å². The Bertz CT molecular complexity index is 280. The Hall–Kier alpha value is -0.290. The second-order valence-electron chi connectivity index (χ2n) is 1.97. The van der Waals surface area contributed by atoms with E-state index in [0.29, 0.717) is 9.37 Å². The Morgan fingerprint density at radius 2 is 2.08 bits per heavy atom. The quantitative estimate of drug-likeness (QED) is 0.797. The molecule has 0 aromatic heterocycles. The van der Waals surface area contributed by atoms with Crippen molar-refractivity contribution in [3.8, 4) is 5.75 Å². The molecule has 0 heterocycles. The molecule has 1 aromatic rings. The molecule has 0 amide bonds. The molecule has 0 aliphatic heterocycles. The maximum atomic E-state index is 11.8. The SMILES string of the molecule is FC(F)Oc1cccc(S)c1Br. The molecule has 0 radical (unpaired) electrons. The zero-order chi connectivity index (χ0) is 9.14. The van der Waals surface area contributed by atoms with Crippen molar-refractivity contribution in [2.45, 2.75) is 11.5 Å². The van der Waals surface area contributed by atoms with Gasteiger partial charge >= 0.3 is 6.61 Å². The third-order valence-corrected chi connectivity index (χ3v) is 2.66. The van der Waals surface area contributed by atoms with Crippen LogP contribution in [-0.4, -0.2) is 6.61 Å². The van der Waals surface area contributed by atoms with Crippen LogP contribution in [0.15, 0.2) is 27.6 Å². The fourth-order valence-electron chi connectivity index (χ4n) is 0.686. The summed E-state index contributed by atoms with van der Waals surface area (Å²) in [6.07, 6.45) is 0. The summed E-state index contributed by atoms with van der Waals surface area (Å²) in [6.45, 7) is -2.81. The van der Waals surface area contributed by atoms with Crippen LogP contribution in [0.5, 0.6) is 5.75 Å². The summed E-state index contributed by atoms with van der Waals surface area (Å²) in [5.74, 6) is 0.0949. The van der Waals surface area contributed by atoms with Crippen LogP contribution >= 0.6 is 28.6 Å². The van der Waals surface area contributed by atoms with E-state index in [-0.39, 0.29) is 5.75 Å². The van der Waals surface area contributed by atoms with Crippen molar-refractivity contribution < 1.29 is 13.5 Å². The lowest BCUT2D eigenvalue weighted by atomic mass is 10.3. The Labute approximate surface area is 82.3 Å². The van der Waals surface area contributed by atoms with E-state index in [2.05, 4.69) is 33.3 Å². The van der Waals surface area contributed by atoms with E-state index in [0.717, 1.165) is 0 Å². The van der Waals surface area contributed by atoms with Crippen LogP contribution in [0.2, 0.25) is 0 Å².